The molecule has 2 aromatic carbocycles. The van der Waals surface area contributed by atoms with E-state index in [0.29, 0.717) is 0 Å². The zero-order valence-electron chi connectivity index (χ0n) is 10.3. The van der Waals surface area contributed by atoms with Gasteiger partial charge >= 0.3 is 14.1 Å². The molecule has 3 rings (SSSR count). The van der Waals surface area contributed by atoms with Crippen molar-refractivity contribution in [3.63, 3.8) is 0 Å². The summed E-state index contributed by atoms with van der Waals surface area (Å²) >= 11 is -0.894. The molecule has 1 aliphatic heterocycles. The van der Waals surface area contributed by atoms with Crippen LogP contribution in [0.15, 0.2) is 48.5 Å². The largest absolute Gasteiger partial charge is 0.346 e. The molecule has 0 fully saturated rings. The summed E-state index contributed by atoms with van der Waals surface area (Å²) in [7, 11) is 0. The molecule has 0 nitrogen and oxygen atoms in total. The topological polar surface area (TPSA) is 0 Å². The Kier molecular flexibility index (Phi) is 3.06. The van der Waals surface area contributed by atoms with Crippen molar-refractivity contribution in [1.82, 2.24) is 0 Å². The molecular formula is C16H17Al. The first-order valence-corrected chi connectivity index (χ1v) is 8.53. The van der Waals surface area contributed by atoms with Crippen LogP contribution in [0, 0.1) is 0 Å². The van der Waals surface area contributed by atoms with Gasteiger partial charge in [-0.3, -0.25) is 0 Å². The molecule has 0 saturated heterocycles. The van der Waals surface area contributed by atoms with Gasteiger partial charge in [0.05, 0.1) is 0 Å². The molecule has 1 aliphatic rings. The molecule has 0 saturated carbocycles. The highest BCUT2D eigenvalue weighted by Crippen LogP contribution is 2.15. The minimum atomic E-state index is -0.894. The molecule has 0 aliphatic carbocycles. The van der Waals surface area contributed by atoms with Crippen LogP contribution in [-0.4, -0.2) is 14.1 Å². The van der Waals surface area contributed by atoms with E-state index in [1.54, 1.807) is 20.0 Å². The number of fused-ring (bicyclic) bond motifs is 1. The first-order chi connectivity index (χ1) is 8.40. The van der Waals surface area contributed by atoms with Crippen LogP contribution >= 0.6 is 0 Å². The Balaban J connectivity index is 2.07. The highest BCUT2D eigenvalue weighted by atomic mass is 27.2. The summed E-state index contributed by atoms with van der Waals surface area (Å²) in [5.41, 5.74) is 3.18. The molecule has 84 valence electrons. The normalized spacial score (nSPS) is 13.8. The molecular weight excluding hydrogens is 219 g/mol. The summed E-state index contributed by atoms with van der Waals surface area (Å²) in [5, 5.41) is 1.41. The van der Waals surface area contributed by atoms with Crippen molar-refractivity contribution in [3.05, 3.63) is 59.7 Å². The third-order valence-electron chi connectivity index (χ3n) is 3.94. The van der Waals surface area contributed by atoms with Gasteiger partial charge in [-0.05, 0) is 12.8 Å². The Hall–Kier alpha value is -1.03. The Labute approximate surface area is 108 Å². The third kappa shape index (κ3) is 1.95. The molecule has 17 heavy (non-hydrogen) atoms. The van der Waals surface area contributed by atoms with Crippen molar-refractivity contribution in [2.24, 2.45) is 0 Å². The Morgan fingerprint density at radius 3 is 2.47 bits per heavy atom. The molecule has 0 bridgehead atoms. The van der Waals surface area contributed by atoms with Gasteiger partial charge in [-0.1, -0.05) is 71.9 Å². The van der Waals surface area contributed by atoms with Gasteiger partial charge in [0.25, 0.3) is 0 Å². The summed E-state index contributed by atoms with van der Waals surface area (Å²) in [6.07, 6.45) is 2.47. The van der Waals surface area contributed by atoms with E-state index in [1.165, 1.54) is 18.1 Å². The summed E-state index contributed by atoms with van der Waals surface area (Å²) in [4.78, 5) is 0. The van der Waals surface area contributed by atoms with Crippen LogP contribution in [0.1, 0.15) is 18.1 Å². The standard InChI is InChI=1S/C8H9.C8H8.Al/c2*1-2-8-6-4-3-5-7-8;/h3-6H,2H2,1H3;3-6H,1-2H2;. The zero-order valence-corrected chi connectivity index (χ0v) is 11.5. The maximum absolute atomic E-state index is 2.37. The van der Waals surface area contributed by atoms with E-state index in [1.807, 2.05) is 0 Å². The van der Waals surface area contributed by atoms with Crippen molar-refractivity contribution in [1.29, 1.82) is 0 Å². The van der Waals surface area contributed by atoms with E-state index >= 15 is 0 Å². The lowest BCUT2D eigenvalue weighted by atomic mass is 10.2. The minimum Gasteiger partial charge on any atom is -0.101 e. The Morgan fingerprint density at radius 2 is 1.65 bits per heavy atom. The van der Waals surface area contributed by atoms with E-state index in [4.69, 9.17) is 0 Å². The maximum Gasteiger partial charge on any atom is 0.346 e. The number of hydrogen-bond donors (Lipinski definition) is 0. The van der Waals surface area contributed by atoms with Crippen molar-refractivity contribution < 1.29 is 0 Å². The second-order valence-corrected chi connectivity index (χ2v) is 7.77. The van der Waals surface area contributed by atoms with E-state index in [2.05, 4.69) is 55.5 Å². The number of hydrogen-bond acceptors (Lipinski definition) is 0. The molecule has 2 aromatic rings. The lowest BCUT2D eigenvalue weighted by molar-refractivity contribution is 1.14. The van der Waals surface area contributed by atoms with Crippen LogP contribution in [-0.2, 0) is 12.8 Å². The second-order valence-electron chi connectivity index (χ2n) is 4.84. The van der Waals surface area contributed by atoms with Crippen LogP contribution in [0.4, 0.5) is 0 Å². The fraction of sp³-hybridized carbons (Fsp3) is 0.250. The fourth-order valence-corrected chi connectivity index (χ4v) is 6.76. The van der Waals surface area contributed by atoms with Crippen LogP contribution in [0.3, 0.4) is 0 Å². The fourth-order valence-electron chi connectivity index (χ4n) is 3.08. The van der Waals surface area contributed by atoms with Gasteiger partial charge in [0, 0.05) is 0 Å². The first kappa shape index (κ1) is 11.1. The molecule has 0 spiro atoms. The third-order valence-corrected chi connectivity index (χ3v) is 7.44. The van der Waals surface area contributed by atoms with Crippen LogP contribution < -0.4 is 8.85 Å². The van der Waals surface area contributed by atoms with Gasteiger partial charge in [-0.25, -0.2) is 0 Å². The molecule has 0 atom stereocenters. The van der Waals surface area contributed by atoms with E-state index in [-0.39, 0.29) is 0 Å². The van der Waals surface area contributed by atoms with Gasteiger partial charge < -0.3 is 0 Å². The summed E-state index contributed by atoms with van der Waals surface area (Å²) in [6.45, 7) is 2.27. The Morgan fingerprint density at radius 1 is 0.941 bits per heavy atom. The SMILES string of the molecule is CCc1cccc[c]1[Al]1[CH2]Cc2cccc[c]21. The van der Waals surface area contributed by atoms with Crippen molar-refractivity contribution in [3.8, 4) is 0 Å². The number of benzene rings is 2. The van der Waals surface area contributed by atoms with Crippen LogP contribution in [0.2, 0.25) is 5.28 Å². The minimum absolute atomic E-state index is 0.894. The quantitative estimate of drug-likeness (QED) is 0.702. The second kappa shape index (κ2) is 4.69. The van der Waals surface area contributed by atoms with Crippen LogP contribution in [0.5, 0.6) is 0 Å². The average molecular weight is 236 g/mol. The van der Waals surface area contributed by atoms with Crippen molar-refractivity contribution >= 4 is 23.0 Å². The van der Waals surface area contributed by atoms with Gasteiger partial charge in [-0.15, -0.1) is 8.85 Å². The summed E-state index contributed by atoms with van der Waals surface area (Å²) in [6, 6.07) is 18.1. The summed E-state index contributed by atoms with van der Waals surface area (Å²) in [5.74, 6) is 0. The molecule has 1 heteroatoms. The Bertz CT molecular complexity index is 531. The highest BCUT2D eigenvalue weighted by Gasteiger charge is 2.30. The number of rotatable bonds is 2. The van der Waals surface area contributed by atoms with E-state index < -0.39 is 14.1 Å². The average Bonchev–Trinajstić information content (AvgIpc) is 2.82. The smallest absolute Gasteiger partial charge is 0.101 e. The predicted octanol–water partition coefficient (Wildman–Crippen LogP) is 2.41. The molecule has 0 aromatic heterocycles. The first-order valence-electron chi connectivity index (χ1n) is 6.55. The highest BCUT2D eigenvalue weighted by molar-refractivity contribution is 6.86. The zero-order chi connectivity index (χ0) is 11.7. The predicted molar refractivity (Wildman–Crippen MR) is 75.8 cm³/mol. The molecule has 0 amide bonds. The van der Waals surface area contributed by atoms with Gasteiger partial charge in [0.15, 0.2) is 0 Å². The maximum atomic E-state index is 2.37. The van der Waals surface area contributed by atoms with Gasteiger partial charge in [0.1, 0.15) is 0 Å². The van der Waals surface area contributed by atoms with Crippen LogP contribution in [0.25, 0.3) is 0 Å². The van der Waals surface area contributed by atoms with E-state index in [9.17, 15) is 0 Å². The summed E-state index contributed by atoms with van der Waals surface area (Å²) < 4.78 is 3.37. The lowest BCUT2D eigenvalue weighted by Gasteiger charge is -2.11. The lowest BCUT2D eigenvalue weighted by Crippen LogP contribution is -2.41. The van der Waals surface area contributed by atoms with Crippen molar-refractivity contribution in [2.45, 2.75) is 25.0 Å². The molecule has 0 unspecified atom stereocenters. The van der Waals surface area contributed by atoms with Gasteiger partial charge in [-0.2, -0.15) is 0 Å². The number of aryl methyl sites for hydroxylation is 2. The monoisotopic (exact) mass is 236 g/mol. The molecule has 0 radical (unpaired) electrons. The van der Waals surface area contributed by atoms with Crippen molar-refractivity contribution in [2.75, 3.05) is 0 Å². The molecule has 1 heterocycles. The van der Waals surface area contributed by atoms with E-state index in [0.717, 1.165) is 0 Å². The van der Waals surface area contributed by atoms with Gasteiger partial charge in [0.2, 0.25) is 0 Å². The molecule has 0 N–H and O–H groups in total.